The van der Waals surface area contributed by atoms with Gasteiger partial charge in [0.1, 0.15) is 11.9 Å². The second kappa shape index (κ2) is 8.17. The summed E-state index contributed by atoms with van der Waals surface area (Å²) in [6.07, 6.45) is -3.67. The van der Waals surface area contributed by atoms with Gasteiger partial charge in [0.2, 0.25) is 15.9 Å². The van der Waals surface area contributed by atoms with Gasteiger partial charge in [0.05, 0.1) is 17.5 Å². The monoisotopic (exact) mass is 418 g/mol. The molecule has 0 saturated carbocycles. The number of halogens is 4. The first-order valence-corrected chi connectivity index (χ1v) is 10.0. The first-order chi connectivity index (χ1) is 12.9. The highest BCUT2D eigenvalue weighted by Crippen LogP contribution is 2.30. The van der Waals surface area contributed by atoms with E-state index >= 15 is 0 Å². The van der Waals surface area contributed by atoms with Gasteiger partial charge < -0.3 is 5.32 Å². The Balaban J connectivity index is 2.33. The Bertz CT molecular complexity index is 944. The summed E-state index contributed by atoms with van der Waals surface area (Å²) in [4.78, 5) is 12.6. The summed E-state index contributed by atoms with van der Waals surface area (Å²) in [5.74, 6) is -1.62. The van der Waals surface area contributed by atoms with Crippen LogP contribution >= 0.6 is 0 Å². The summed E-state index contributed by atoms with van der Waals surface area (Å²) in [6.45, 7) is 1.54. The van der Waals surface area contributed by atoms with Gasteiger partial charge in [-0.05, 0) is 42.8 Å². The first-order valence-electron chi connectivity index (χ1n) is 8.17. The van der Waals surface area contributed by atoms with Gasteiger partial charge >= 0.3 is 6.18 Å². The summed E-state index contributed by atoms with van der Waals surface area (Å²) in [5.41, 5.74) is -1.13. The van der Waals surface area contributed by atoms with E-state index in [0.29, 0.717) is 4.31 Å². The van der Waals surface area contributed by atoms with Crippen LogP contribution in [0.15, 0.2) is 48.5 Å². The first kappa shape index (κ1) is 21.7. The molecular formula is C18H18F4N2O3S. The summed E-state index contributed by atoms with van der Waals surface area (Å²) >= 11 is 0. The van der Waals surface area contributed by atoms with Gasteiger partial charge in [-0.15, -0.1) is 0 Å². The normalized spacial score (nSPS) is 13.1. The summed E-state index contributed by atoms with van der Waals surface area (Å²) < 4.78 is 77.2. The number of benzene rings is 2. The Morgan fingerprint density at radius 3 is 2.14 bits per heavy atom. The average Bonchev–Trinajstić information content (AvgIpc) is 2.59. The zero-order chi connectivity index (χ0) is 21.1. The van der Waals surface area contributed by atoms with Crippen molar-refractivity contribution in [2.45, 2.75) is 25.6 Å². The van der Waals surface area contributed by atoms with Crippen molar-refractivity contribution in [2.75, 3.05) is 15.9 Å². The van der Waals surface area contributed by atoms with Crippen molar-refractivity contribution in [3.8, 4) is 0 Å². The maximum atomic E-state index is 14.2. The summed E-state index contributed by atoms with van der Waals surface area (Å²) in [5, 5.41) is 2.38. The molecule has 0 aliphatic heterocycles. The van der Waals surface area contributed by atoms with Crippen molar-refractivity contribution in [2.24, 2.45) is 0 Å². The minimum Gasteiger partial charge on any atom is -0.324 e. The topological polar surface area (TPSA) is 66.5 Å². The van der Waals surface area contributed by atoms with Crippen LogP contribution in [0.3, 0.4) is 0 Å². The molecule has 0 spiro atoms. The van der Waals surface area contributed by atoms with Gasteiger partial charge in [0.25, 0.3) is 0 Å². The second-order valence-electron chi connectivity index (χ2n) is 6.00. The Morgan fingerprint density at radius 1 is 1.11 bits per heavy atom. The number of hydrogen-bond acceptors (Lipinski definition) is 3. The Morgan fingerprint density at radius 2 is 1.68 bits per heavy atom. The predicted octanol–water partition coefficient (Wildman–Crippen LogP) is 4.03. The van der Waals surface area contributed by atoms with E-state index in [1.807, 2.05) is 0 Å². The molecule has 0 heterocycles. The molecule has 2 aromatic carbocycles. The van der Waals surface area contributed by atoms with Gasteiger partial charge in [0.15, 0.2) is 0 Å². The van der Waals surface area contributed by atoms with E-state index in [9.17, 15) is 30.8 Å². The molecule has 1 amide bonds. The van der Waals surface area contributed by atoms with Gasteiger partial charge in [-0.1, -0.05) is 19.1 Å². The molecule has 0 aliphatic rings. The number of anilines is 2. The molecule has 0 aromatic heterocycles. The van der Waals surface area contributed by atoms with Gasteiger partial charge in [-0.3, -0.25) is 9.10 Å². The van der Waals surface area contributed by atoms with Crippen LogP contribution in [0.4, 0.5) is 28.9 Å². The standard InChI is InChI=1S/C18H18F4N2O3S/c1-3-15(24(28(2,26)27)16-7-5-4-6-14(16)19)17(25)23-13-10-8-12(9-11-13)18(20,21)22/h4-11,15H,3H2,1-2H3,(H,23,25)/t15-/m1/s1. The lowest BCUT2D eigenvalue weighted by Crippen LogP contribution is -2.47. The molecule has 0 bridgehead atoms. The molecule has 0 saturated heterocycles. The summed E-state index contributed by atoms with van der Waals surface area (Å²) in [6, 6.07) is 7.50. The molecule has 1 N–H and O–H groups in total. The highest BCUT2D eigenvalue weighted by Gasteiger charge is 2.33. The molecule has 152 valence electrons. The Kier molecular flexibility index (Phi) is 6.33. The number of nitrogens with one attached hydrogen (secondary N) is 1. The number of carbonyl (C=O) groups is 1. The lowest BCUT2D eigenvalue weighted by atomic mass is 10.1. The minimum absolute atomic E-state index is 0.00781. The molecule has 2 rings (SSSR count). The number of amides is 1. The third kappa shape index (κ3) is 5.00. The molecule has 2 aromatic rings. The molecule has 0 radical (unpaired) electrons. The number of sulfonamides is 1. The van der Waals surface area contributed by atoms with Crippen LogP contribution < -0.4 is 9.62 Å². The van der Waals surface area contributed by atoms with E-state index in [4.69, 9.17) is 0 Å². The second-order valence-corrected chi connectivity index (χ2v) is 7.86. The number of nitrogens with zero attached hydrogens (tertiary/aromatic N) is 1. The Hall–Kier alpha value is -2.62. The van der Waals surface area contributed by atoms with Crippen molar-refractivity contribution in [1.29, 1.82) is 0 Å². The van der Waals surface area contributed by atoms with Gasteiger partial charge in [0, 0.05) is 5.69 Å². The van der Waals surface area contributed by atoms with E-state index < -0.39 is 39.5 Å². The molecular weight excluding hydrogens is 400 g/mol. The van der Waals surface area contributed by atoms with E-state index in [-0.39, 0.29) is 17.8 Å². The zero-order valence-electron chi connectivity index (χ0n) is 15.0. The molecule has 0 fully saturated rings. The van der Waals surface area contributed by atoms with E-state index in [2.05, 4.69) is 5.32 Å². The van der Waals surface area contributed by atoms with Crippen LogP contribution in [0.5, 0.6) is 0 Å². The highest BCUT2D eigenvalue weighted by molar-refractivity contribution is 7.92. The van der Waals surface area contributed by atoms with Crippen molar-refractivity contribution in [3.05, 3.63) is 59.9 Å². The fourth-order valence-corrected chi connectivity index (χ4v) is 3.85. The molecule has 1 atom stereocenters. The SMILES string of the molecule is CC[C@H](C(=O)Nc1ccc(C(F)(F)F)cc1)N(c1ccccc1F)S(C)(=O)=O. The fourth-order valence-electron chi connectivity index (χ4n) is 2.63. The number of rotatable bonds is 6. The van der Waals surface area contributed by atoms with Crippen LogP contribution in [0, 0.1) is 5.82 Å². The molecule has 0 aliphatic carbocycles. The molecule has 5 nitrogen and oxygen atoms in total. The predicted molar refractivity (Wildman–Crippen MR) is 97.9 cm³/mol. The fraction of sp³-hybridized carbons (Fsp3) is 0.278. The van der Waals surface area contributed by atoms with Crippen LogP contribution in [0.2, 0.25) is 0 Å². The van der Waals surface area contributed by atoms with E-state index in [1.54, 1.807) is 0 Å². The third-order valence-electron chi connectivity index (χ3n) is 3.90. The molecule has 28 heavy (non-hydrogen) atoms. The van der Waals surface area contributed by atoms with Gasteiger partial charge in [-0.25, -0.2) is 12.8 Å². The molecule has 0 unspecified atom stereocenters. The third-order valence-corrected chi connectivity index (χ3v) is 5.07. The number of hydrogen-bond donors (Lipinski definition) is 1. The smallest absolute Gasteiger partial charge is 0.324 e. The Labute approximate surface area is 160 Å². The van der Waals surface area contributed by atoms with E-state index in [1.165, 1.54) is 25.1 Å². The maximum Gasteiger partial charge on any atom is 0.416 e. The maximum absolute atomic E-state index is 14.2. The average molecular weight is 418 g/mol. The number of alkyl halides is 3. The number of para-hydroxylation sites is 1. The summed E-state index contributed by atoms with van der Waals surface area (Å²) in [7, 11) is -4.03. The van der Waals surface area contributed by atoms with Crippen LogP contribution in [-0.2, 0) is 21.0 Å². The van der Waals surface area contributed by atoms with Crippen molar-refractivity contribution < 1.29 is 30.8 Å². The lowest BCUT2D eigenvalue weighted by molar-refractivity contribution is -0.137. The van der Waals surface area contributed by atoms with Crippen LogP contribution in [0.25, 0.3) is 0 Å². The van der Waals surface area contributed by atoms with Crippen LogP contribution in [0.1, 0.15) is 18.9 Å². The van der Waals surface area contributed by atoms with Crippen LogP contribution in [-0.4, -0.2) is 26.6 Å². The van der Waals surface area contributed by atoms with Gasteiger partial charge in [-0.2, -0.15) is 13.2 Å². The largest absolute Gasteiger partial charge is 0.416 e. The number of carbonyl (C=O) groups excluding carboxylic acids is 1. The quantitative estimate of drug-likeness (QED) is 0.721. The van der Waals surface area contributed by atoms with E-state index in [0.717, 1.165) is 36.6 Å². The lowest BCUT2D eigenvalue weighted by Gasteiger charge is -2.30. The van der Waals surface area contributed by atoms with Crippen molar-refractivity contribution in [3.63, 3.8) is 0 Å². The minimum atomic E-state index is -4.52. The highest BCUT2D eigenvalue weighted by atomic mass is 32.2. The molecule has 10 heteroatoms. The van der Waals surface area contributed by atoms with Crippen molar-refractivity contribution >= 4 is 27.3 Å². The van der Waals surface area contributed by atoms with Crippen molar-refractivity contribution in [1.82, 2.24) is 0 Å². The zero-order valence-corrected chi connectivity index (χ0v) is 15.8.